The van der Waals surface area contributed by atoms with E-state index < -0.39 is 6.10 Å². The van der Waals surface area contributed by atoms with Gasteiger partial charge in [0.05, 0.1) is 5.69 Å². The number of carbonyl (C=O) groups is 2. The fourth-order valence-corrected chi connectivity index (χ4v) is 2.46. The summed E-state index contributed by atoms with van der Waals surface area (Å²) in [6.07, 6.45) is 2.03. The van der Waals surface area contributed by atoms with Crippen molar-refractivity contribution < 1.29 is 14.3 Å². The maximum Gasteiger partial charge on any atom is 0.268 e. The molecule has 0 unspecified atom stereocenters. The molecule has 1 aromatic rings. The molecular formula is C17H24N2O3. The molecule has 120 valence electrons. The summed E-state index contributed by atoms with van der Waals surface area (Å²) in [6.45, 7) is 6.62. The number of aryl methyl sites for hydroxylation is 1. The number of carbonyl (C=O) groups excluding carboxylic acids is 2. The van der Waals surface area contributed by atoms with Gasteiger partial charge in [0.15, 0.2) is 6.10 Å². The number of anilines is 1. The normalized spacial score (nSPS) is 17.0. The van der Waals surface area contributed by atoms with Crippen molar-refractivity contribution in [1.82, 2.24) is 5.32 Å². The zero-order valence-electron chi connectivity index (χ0n) is 13.5. The third-order valence-electron chi connectivity index (χ3n) is 3.74. The Morgan fingerprint density at radius 3 is 2.82 bits per heavy atom. The van der Waals surface area contributed by atoms with Crippen molar-refractivity contribution in [2.45, 2.75) is 46.1 Å². The third-order valence-corrected chi connectivity index (χ3v) is 3.74. The molecule has 0 bridgehead atoms. The van der Waals surface area contributed by atoms with Gasteiger partial charge in [-0.05, 0) is 37.5 Å². The second-order valence-corrected chi connectivity index (χ2v) is 5.61. The van der Waals surface area contributed by atoms with Gasteiger partial charge in [-0.2, -0.15) is 0 Å². The van der Waals surface area contributed by atoms with Gasteiger partial charge in [-0.3, -0.25) is 14.5 Å². The fourth-order valence-electron chi connectivity index (χ4n) is 2.46. The van der Waals surface area contributed by atoms with E-state index in [1.807, 2.05) is 32.0 Å². The van der Waals surface area contributed by atoms with Crippen molar-refractivity contribution >= 4 is 17.5 Å². The summed E-state index contributed by atoms with van der Waals surface area (Å²) in [6, 6.07) is 5.70. The lowest BCUT2D eigenvalue weighted by Gasteiger charge is -2.33. The smallest absolute Gasteiger partial charge is 0.268 e. The highest BCUT2D eigenvalue weighted by Crippen LogP contribution is 2.35. The molecule has 1 N–H and O–H groups in total. The van der Waals surface area contributed by atoms with Crippen LogP contribution >= 0.6 is 0 Å². The Kier molecular flexibility index (Phi) is 5.41. The summed E-state index contributed by atoms with van der Waals surface area (Å²) in [7, 11) is 0. The third kappa shape index (κ3) is 3.59. The van der Waals surface area contributed by atoms with Crippen molar-refractivity contribution in [3.05, 3.63) is 23.8 Å². The number of nitrogens with zero attached hydrogens (tertiary/aromatic N) is 1. The number of ether oxygens (including phenoxy) is 1. The highest BCUT2D eigenvalue weighted by Gasteiger charge is 2.34. The van der Waals surface area contributed by atoms with Gasteiger partial charge < -0.3 is 10.1 Å². The number of unbranched alkanes of at least 4 members (excludes halogenated alkanes) is 1. The Morgan fingerprint density at radius 1 is 1.36 bits per heavy atom. The van der Waals surface area contributed by atoms with Crippen LogP contribution < -0.4 is 15.0 Å². The molecule has 5 heteroatoms. The first-order valence-corrected chi connectivity index (χ1v) is 7.92. The average Bonchev–Trinajstić information content (AvgIpc) is 2.50. The minimum atomic E-state index is -0.515. The summed E-state index contributed by atoms with van der Waals surface area (Å²) in [4.78, 5) is 26.1. The van der Waals surface area contributed by atoms with E-state index in [-0.39, 0.29) is 18.4 Å². The van der Waals surface area contributed by atoms with E-state index in [0.717, 1.165) is 18.4 Å². The van der Waals surface area contributed by atoms with E-state index in [9.17, 15) is 9.59 Å². The maximum absolute atomic E-state index is 12.5. The Balaban J connectivity index is 2.18. The van der Waals surface area contributed by atoms with E-state index >= 15 is 0 Å². The Morgan fingerprint density at radius 2 is 2.14 bits per heavy atom. The van der Waals surface area contributed by atoms with Crippen molar-refractivity contribution in [2.24, 2.45) is 0 Å². The second kappa shape index (κ2) is 7.29. The van der Waals surface area contributed by atoms with Crippen LogP contribution in [-0.2, 0) is 9.59 Å². The van der Waals surface area contributed by atoms with Crippen molar-refractivity contribution in [3.63, 3.8) is 0 Å². The van der Waals surface area contributed by atoms with Gasteiger partial charge in [0, 0.05) is 6.54 Å². The van der Waals surface area contributed by atoms with Crippen LogP contribution in [0.3, 0.4) is 0 Å². The van der Waals surface area contributed by atoms with E-state index in [4.69, 9.17) is 4.74 Å². The molecule has 0 saturated heterocycles. The average molecular weight is 304 g/mol. The van der Waals surface area contributed by atoms with Crippen LogP contribution in [0.2, 0.25) is 0 Å². The van der Waals surface area contributed by atoms with Crippen LogP contribution in [0.1, 0.15) is 38.7 Å². The molecule has 0 fully saturated rings. The lowest BCUT2D eigenvalue weighted by molar-refractivity contribution is -0.129. The van der Waals surface area contributed by atoms with E-state index in [0.29, 0.717) is 24.4 Å². The second-order valence-electron chi connectivity index (χ2n) is 5.61. The molecule has 0 spiro atoms. The van der Waals surface area contributed by atoms with Crippen molar-refractivity contribution in [3.8, 4) is 5.75 Å². The SMILES string of the molecule is CCCCNC(=O)CN1C(=O)[C@@H](CC)Oc2ccc(C)cc21. The molecule has 2 amide bonds. The topological polar surface area (TPSA) is 58.6 Å². The number of rotatable bonds is 6. The Hall–Kier alpha value is -2.04. The highest BCUT2D eigenvalue weighted by atomic mass is 16.5. The predicted octanol–water partition coefficient (Wildman–Crippen LogP) is 2.42. The molecule has 1 aliphatic rings. The van der Waals surface area contributed by atoms with Gasteiger partial charge in [-0.1, -0.05) is 26.3 Å². The number of amides is 2. The summed E-state index contributed by atoms with van der Waals surface area (Å²) >= 11 is 0. The summed E-state index contributed by atoms with van der Waals surface area (Å²) in [5, 5.41) is 2.86. The number of nitrogens with one attached hydrogen (secondary N) is 1. The van der Waals surface area contributed by atoms with Crippen LogP contribution in [0.25, 0.3) is 0 Å². The fraction of sp³-hybridized carbons (Fsp3) is 0.529. The Bertz CT molecular complexity index is 557. The molecular weight excluding hydrogens is 280 g/mol. The van der Waals surface area contributed by atoms with Crippen LogP contribution in [0.5, 0.6) is 5.75 Å². The zero-order valence-corrected chi connectivity index (χ0v) is 13.5. The number of hydrogen-bond acceptors (Lipinski definition) is 3. The van der Waals surface area contributed by atoms with Crippen LogP contribution in [0.4, 0.5) is 5.69 Å². The predicted molar refractivity (Wildman–Crippen MR) is 86.2 cm³/mol. The summed E-state index contributed by atoms with van der Waals surface area (Å²) < 4.78 is 5.74. The molecule has 0 saturated carbocycles. The zero-order chi connectivity index (χ0) is 16.1. The molecule has 1 heterocycles. The molecule has 22 heavy (non-hydrogen) atoms. The quantitative estimate of drug-likeness (QED) is 0.821. The summed E-state index contributed by atoms with van der Waals surface area (Å²) in [5.74, 6) is 0.385. The molecule has 0 aliphatic carbocycles. The maximum atomic E-state index is 12.5. The van der Waals surface area contributed by atoms with E-state index in [1.54, 1.807) is 4.90 Å². The molecule has 0 radical (unpaired) electrons. The van der Waals surface area contributed by atoms with Gasteiger partial charge in [0.1, 0.15) is 12.3 Å². The largest absolute Gasteiger partial charge is 0.478 e. The van der Waals surface area contributed by atoms with Crippen LogP contribution in [-0.4, -0.2) is 31.0 Å². The molecule has 0 aromatic heterocycles. The number of fused-ring (bicyclic) bond motifs is 1. The standard InChI is InChI=1S/C17H24N2O3/c1-4-6-9-18-16(20)11-19-13-10-12(3)7-8-15(13)22-14(5-2)17(19)21/h7-8,10,14H,4-6,9,11H2,1-3H3,(H,18,20)/t14-/m1/s1. The van der Waals surface area contributed by atoms with Crippen molar-refractivity contribution in [1.29, 1.82) is 0 Å². The monoisotopic (exact) mass is 304 g/mol. The Labute approximate surface area is 131 Å². The number of hydrogen-bond donors (Lipinski definition) is 1. The van der Waals surface area contributed by atoms with Gasteiger partial charge in [-0.15, -0.1) is 0 Å². The van der Waals surface area contributed by atoms with E-state index in [2.05, 4.69) is 12.2 Å². The highest BCUT2D eigenvalue weighted by molar-refractivity contribution is 6.03. The molecule has 1 aromatic carbocycles. The van der Waals surface area contributed by atoms with Gasteiger partial charge in [-0.25, -0.2) is 0 Å². The van der Waals surface area contributed by atoms with E-state index in [1.165, 1.54) is 0 Å². The minimum Gasteiger partial charge on any atom is -0.478 e. The first kappa shape index (κ1) is 16.3. The number of benzene rings is 1. The molecule has 1 atom stereocenters. The summed E-state index contributed by atoms with van der Waals surface area (Å²) in [5.41, 5.74) is 1.71. The lowest BCUT2D eigenvalue weighted by Crippen LogP contribution is -2.49. The first-order valence-electron chi connectivity index (χ1n) is 7.92. The molecule has 2 rings (SSSR count). The lowest BCUT2D eigenvalue weighted by atomic mass is 10.1. The van der Waals surface area contributed by atoms with Crippen LogP contribution in [0.15, 0.2) is 18.2 Å². The van der Waals surface area contributed by atoms with Crippen LogP contribution in [0, 0.1) is 6.92 Å². The molecule has 1 aliphatic heterocycles. The van der Waals surface area contributed by atoms with Gasteiger partial charge in [0.25, 0.3) is 5.91 Å². The van der Waals surface area contributed by atoms with Gasteiger partial charge in [0.2, 0.25) is 5.91 Å². The molecule has 5 nitrogen and oxygen atoms in total. The minimum absolute atomic E-state index is 0.0405. The van der Waals surface area contributed by atoms with Crippen molar-refractivity contribution in [2.75, 3.05) is 18.0 Å². The van der Waals surface area contributed by atoms with Gasteiger partial charge >= 0.3 is 0 Å². The first-order chi connectivity index (χ1) is 10.6.